The molecule has 2 aliphatic carbocycles. The van der Waals surface area contributed by atoms with Gasteiger partial charge in [0.15, 0.2) is 0 Å². The number of aliphatic carboxylic acids is 1. The van der Waals surface area contributed by atoms with Gasteiger partial charge in [-0.15, -0.1) is 0 Å². The molecule has 2 rings (SSSR count). The molecule has 0 aromatic rings. The first-order valence-corrected chi connectivity index (χ1v) is 4.44. The van der Waals surface area contributed by atoms with E-state index in [1.807, 2.05) is 6.08 Å². The molecule has 3 atom stereocenters. The number of hydrogen-bond acceptors (Lipinski definition) is 1. The molecule has 0 aromatic heterocycles. The van der Waals surface area contributed by atoms with Crippen molar-refractivity contribution in [2.45, 2.75) is 20.3 Å². The molecule has 3 unspecified atom stereocenters. The Kier molecular flexibility index (Phi) is 1.39. The van der Waals surface area contributed by atoms with Crippen LogP contribution in [-0.4, -0.2) is 11.1 Å². The molecule has 1 saturated carbocycles. The minimum Gasteiger partial charge on any atom is -0.481 e. The van der Waals surface area contributed by atoms with Gasteiger partial charge in [-0.05, 0) is 23.7 Å². The molecular formula is C10H14O2. The number of fused-ring (bicyclic) bond motifs is 1. The first kappa shape index (κ1) is 7.84. The van der Waals surface area contributed by atoms with Crippen molar-refractivity contribution in [3.8, 4) is 0 Å². The van der Waals surface area contributed by atoms with E-state index in [4.69, 9.17) is 5.11 Å². The van der Waals surface area contributed by atoms with E-state index in [-0.39, 0.29) is 5.92 Å². The first-order valence-electron chi connectivity index (χ1n) is 4.44. The largest absolute Gasteiger partial charge is 0.481 e. The minimum atomic E-state index is -0.674. The number of rotatable bonds is 1. The van der Waals surface area contributed by atoms with Crippen LogP contribution in [0.15, 0.2) is 12.2 Å². The molecule has 0 aliphatic heterocycles. The van der Waals surface area contributed by atoms with Crippen LogP contribution in [0, 0.1) is 23.2 Å². The van der Waals surface area contributed by atoms with Gasteiger partial charge in [-0.2, -0.15) is 0 Å². The monoisotopic (exact) mass is 166 g/mol. The zero-order valence-corrected chi connectivity index (χ0v) is 7.45. The van der Waals surface area contributed by atoms with E-state index in [9.17, 15) is 4.79 Å². The van der Waals surface area contributed by atoms with Gasteiger partial charge >= 0.3 is 5.97 Å². The minimum absolute atomic E-state index is 0.229. The molecular weight excluding hydrogens is 152 g/mol. The topological polar surface area (TPSA) is 37.3 Å². The summed E-state index contributed by atoms with van der Waals surface area (Å²) in [5.74, 6) is 0.358. The fourth-order valence-corrected chi connectivity index (χ4v) is 2.41. The van der Waals surface area contributed by atoms with Crippen molar-refractivity contribution in [2.75, 3.05) is 0 Å². The summed E-state index contributed by atoms with van der Waals surface area (Å²) in [7, 11) is 0. The Bertz CT molecular complexity index is 253. The van der Waals surface area contributed by atoms with Crippen molar-refractivity contribution in [1.29, 1.82) is 0 Å². The summed E-state index contributed by atoms with van der Waals surface area (Å²) in [5.41, 5.74) is 0.362. The maximum absolute atomic E-state index is 10.7. The third-order valence-electron chi connectivity index (χ3n) is 3.51. The predicted molar refractivity (Wildman–Crippen MR) is 45.6 cm³/mol. The van der Waals surface area contributed by atoms with Crippen LogP contribution in [0.25, 0.3) is 0 Å². The molecule has 0 saturated heterocycles. The molecule has 0 amide bonds. The highest BCUT2D eigenvalue weighted by Crippen LogP contribution is 2.63. The van der Waals surface area contributed by atoms with Gasteiger partial charge < -0.3 is 5.11 Å². The molecule has 0 aromatic carbocycles. The second-order valence-electron chi connectivity index (χ2n) is 4.52. The van der Waals surface area contributed by atoms with E-state index in [0.29, 0.717) is 17.3 Å². The van der Waals surface area contributed by atoms with Crippen LogP contribution >= 0.6 is 0 Å². The average molecular weight is 166 g/mol. The molecule has 12 heavy (non-hydrogen) atoms. The van der Waals surface area contributed by atoms with E-state index in [1.165, 1.54) is 0 Å². The van der Waals surface area contributed by atoms with Crippen LogP contribution < -0.4 is 0 Å². The summed E-state index contributed by atoms with van der Waals surface area (Å²) >= 11 is 0. The van der Waals surface area contributed by atoms with Gasteiger partial charge in [-0.25, -0.2) is 0 Å². The summed E-state index contributed by atoms with van der Waals surface area (Å²) in [6.45, 7) is 4.44. The highest BCUT2D eigenvalue weighted by atomic mass is 16.4. The molecule has 2 heteroatoms. The van der Waals surface area contributed by atoms with Crippen molar-refractivity contribution < 1.29 is 9.90 Å². The van der Waals surface area contributed by atoms with Gasteiger partial charge in [-0.1, -0.05) is 26.0 Å². The standard InChI is InChI=1S/C10H14O2/c1-10(2)7-4-3-6(9(11)12)5-8(7)10/h3-4,6-8H,5H2,1-2H3,(H,11,12). The quantitative estimate of drug-likeness (QED) is 0.604. The van der Waals surface area contributed by atoms with Gasteiger partial charge in [0.25, 0.3) is 0 Å². The molecule has 0 spiro atoms. The predicted octanol–water partition coefficient (Wildman–Crippen LogP) is 1.92. The molecule has 1 fully saturated rings. The molecule has 1 N–H and O–H groups in total. The van der Waals surface area contributed by atoms with Crippen LogP contribution in [0.1, 0.15) is 20.3 Å². The van der Waals surface area contributed by atoms with Crippen LogP contribution in [0.2, 0.25) is 0 Å². The van der Waals surface area contributed by atoms with Crippen LogP contribution in [-0.2, 0) is 4.79 Å². The first-order chi connectivity index (χ1) is 5.53. The molecule has 0 bridgehead atoms. The fraction of sp³-hybridized carbons (Fsp3) is 0.700. The summed E-state index contributed by atoms with van der Waals surface area (Å²) in [6.07, 6.45) is 4.79. The van der Waals surface area contributed by atoms with Crippen molar-refractivity contribution in [2.24, 2.45) is 23.2 Å². The Morgan fingerprint density at radius 1 is 1.50 bits per heavy atom. The second kappa shape index (κ2) is 2.12. The van der Waals surface area contributed by atoms with E-state index in [0.717, 1.165) is 6.42 Å². The Morgan fingerprint density at radius 2 is 2.17 bits per heavy atom. The molecule has 66 valence electrons. The maximum Gasteiger partial charge on any atom is 0.310 e. The van der Waals surface area contributed by atoms with Gasteiger partial charge in [0.1, 0.15) is 0 Å². The third-order valence-corrected chi connectivity index (χ3v) is 3.51. The maximum atomic E-state index is 10.7. The zero-order chi connectivity index (χ0) is 8.93. The number of carbonyl (C=O) groups is 1. The lowest BCUT2D eigenvalue weighted by Gasteiger charge is -2.10. The summed E-state index contributed by atoms with van der Waals surface area (Å²) < 4.78 is 0. The molecule has 0 radical (unpaired) electrons. The van der Waals surface area contributed by atoms with Gasteiger partial charge in [0.2, 0.25) is 0 Å². The second-order valence-corrected chi connectivity index (χ2v) is 4.52. The number of hydrogen-bond donors (Lipinski definition) is 1. The number of allylic oxidation sites excluding steroid dienone is 1. The Morgan fingerprint density at radius 3 is 2.67 bits per heavy atom. The van der Waals surface area contributed by atoms with E-state index in [2.05, 4.69) is 19.9 Å². The van der Waals surface area contributed by atoms with E-state index < -0.39 is 5.97 Å². The Balaban J connectivity index is 2.11. The Labute approximate surface area is 72.3 Å². The number of carboxylic acids is 1. The van der Waals surface area contributed by atoms with Gasteiger partial charge in [0.05, 0.1) is 5.92 Å². The van der Waals surface area contributed by atoms with Gasteiger partial charge in [0, 0.05) is 0 Å². The summed E-state index contributed by atoms with van der Waals surface area (Å²) in [6, 6.07) is 0. The third kappa shape index (κ3) is 0.904. The summed E-state index contributed by atoms with van der Waals surface area (Å²) in [5, 5.41) is 8.79. The molecule has 2 aliphatic rings. The van der Waals surface area contributed by atoms with Crippen molar-refractivity contribution >= 4 is 5.97 Å². The lowest BCUT2D eigenvalue weighted by Crippen LogP contribution is -2.14. The van der Waals surface area contributed by atoms with Crippen LogP contribution in [0.4, 0.5) is 0 Å². The van der Waals surface area contributed by atoms with Crippen molar-refractivity contribution in [1.82, 2.24) is 0 Å². The normalized spacial score (nSPS) is 42.0. The van der Waals surface area contributed by atoms with Crippen LogP contribution in [0.3, 0.4) is 0 Å². The summed E-state index contributed by atoms with van der Waals surface area (Å²) in [4.78, 5) is 10.7. The van der Waals surface area contributed by atoms with Crippen molar-refractivity contribution in [3.05, 3.63) is 12.2 Å². The number of carboxylic acid groups (broad SMARTS) is 1. The average Bonchev–Trinajstić information content (AvgIpc) is 2.55. The van der Waals surface area contributed by atoms with Crippen molar-refractivity contribution in [3.63, 3.8) is 0 Å². The SMILES string of the molecule is CC1(C)C2C=CC(C(=O)O)CC21. The van der Waals surface area contributed by atoms with Gasteiger partial charge in [-0.3, -0.25) is 4.79 Å². The Hall–Kier alpha value is -0.790. The highest BCUT2D eigenvalue weighted by molar-refractivity contribution is 5.72. The highest BCUT2D eigenvalue weighted by Gasteiger charge is 2.58. The van der Waals surface area contributed by atoms with E-state index in [1.54, 1.807) is 0 Å². The lowest BCUT2D eigenvalue weighted by atomic mass is 9.95. The zero-order valence-electron chi connectivity index (χ0n) is 7.45. The smallest absolute Gasteiger partial charge is 0.310 e. The molecule has 2 nitrogen and oxygen atoms in total. The van der Waals surface area contributed by atoms with E-state index >= 15 is 0 Å². The van der Waals surface area contributed by atoms with Crippen LogP contribution in [0.5, 0.6) is 0 Å². The fourth-order valence-electron chi connectivity index (χ4n) is 2.41. The lowest BCUT2D eigenvalue weighted by molar-refractivity contribution is -0.140. The molecule has 0 heterocycles.